The lowest BCUT2D eigenvalue weighted by Crippen LogP contribution is -2.18. The van der Waals surface area contributed by atoms with Gasteiger partial charge in [-0.1, -0.05) is 146 Å². The normalized spacial score (nSPS) is 13.5. The van der Waals surface area contributed by atoms with E-state index in [1.54, 1.807) is 0 Å². The van der Waals surface area contributed by atoms with E-state index in [1.165, 1.54) is 0 Å². The molecule has 0 spiro atoms. The smallest absolute Gasteiger partial charge is 0.146 e. The van der Waals surface area contributed by atoms with Gasteiger partial charge in [0.2, 0.25) is 0 Å². The summed E-state index contributed by atoms with van der Waals surface area (Å²) in [5.41, 5.74) is 16.7. The van der Waals surface area contributed by atoms with Crippen LogP contribution in [0.2, 0.25) is 0 Å². The lowest BCUT2D eigenvalue weighted by Gasteiger charge is -2.29. The van der Waals surface area contributed by atoms with E-state index < -0.39 is 0 Å². The first-order chi connectivity index (χ1) is 38.7. The molecule has 368 valence electrons. The zero-order chi connectivity index (χ0) is 51.3. The second-order valence-corrected chi connectivity index (χ2v) is 20.3. The van der Waals surface area contributed by atoms with E-state index in [-0.39, 0.29) is 0 Å². The SMILES string of the molecule is C1=CCN(c2ccc3oc4c(c(N5C=CC=CC5)cc5c(N(c6ccccc6)c6ccc7c(c6)oc6ccccc67)cc6cc(-c7cccc(-c8ccccc8)c7)c7oc8ccc(-c9ccccc9)cc8c7c6c54)c3c2)C=C1. The molecule has 0 bridgehead atoms. The Bertz CT molecular complexity index is 4870. The Balaban J connectivity index is 1.09. The van der Waals surface area contributed by atoms with Crippen molar-refractivity contribution in [3.63, 3.8) is 0 Å². The van der Waals surface area contributed by atoms with Gasteiger partial charge in [-0.2, -0.15) is 0 Å². The van der Waals surface area contributed by atoms with Crippen molar-refractivity contribution in [3.8, 4) is 33.4 Å². The highest BCUT2D eigenvalue weighted by molar-refractivity contribution is 6.37. The highest BCUT2D eigenvalue weighted by Crippen LogP contribution is 2.53. The Labute approximate surface area is 449 Å². The summed E-state index contributed by atoms with van der Waals surface area (Å²) in [5.74, 6) is 0. The Morgan fingerprint density at radius 1 is 0.346 bits per heavy atom. The van der Waals surface area contributed by atoms with E-state index in [0.717, 1.165) is 156 Å². The Hall–Kier alpha value is -10.3. The van der Waals surface area contributed by atoms with Gasteiger partial charge in [0, 0.05) is 97.3 Å². The molecule has 6 heteroatoms. The predicted octanol–water partition coefficient (Wildman–Crippen LogP) is 19.9. The molecule has 6 nitrogen and oxygen atoms in total. The minimum absolute atomic E-state index is 0.696. The van der Waals surface area contributed by atoms with Gasteiger partial charge in [0.25, 0.3) is 0 Å². The monoisotopic (exact) mass is 1000 g/mol. The van der Waals surface area contributed by atoms with Crippen molar-refractivity contribution in [1.82, 2.24) is 0 Å². The van der Waals surface area contributed by atoms with Gasteiger partial charge in [0.1, 0.15) is 33.5 Å². The molecular weight excluding hydrogens is 955 g/mol. The molecular formula is C72H47N3O3. The molecule has 14 aromatic rings. The molecule has 0 saturated heterocycles. The van der Waals surface area contributed by atoms with Crippen LogP contribution in [0.1, 0.15) is 0 Å². The minimum atomic E-state index is 0.696. The van der Waals surface area contributed by atoms with Crippen LogP contribution in [0, 0.1) is 0 Å². The molecule has 5 heterocycles. The van der Waals surface area contributed by atoms with Gasteiger partial charge >= 0.3 is 0 Å². The number of fused-ring (bicyclic) bond motifs is 14. The molecule has 16 rings (SSSR count). The molecule has 0 unspecified atom stereocenters. The molecule has 3 aromatic heterocycles. The highest BCUT2D eigenvalue weighted by atomic mass is 16.3. The number of hydrogen-bond donors (Lipinski definition) is 0. The van der Waals surface area contributed by atoms with Crippen molar-refractivity contribution in [2.75, 3.05) is 27.8 Å². The summed E-state index contributed by atoms with van der Waals surface area (Å²) < 4.78 is 21.5. The molecule has 0 aliphatic carbocycles. The third-order valence-corrected chi connectivity index (χ3v) is 15.8. The van der Waals surface area contributed by atoms with Crippen LogP contribution in [-0.4, -0.2) is 13.1 Å². The molecule has 2 aliphatic heterocycles. The topological polar surface area (TPSA) is 49.1 Å². The van der Waals surface area contributed by atoms with Gasteiger partial charge in [-0.3, -0.25) is 0 Å². The summed E-state index contributed by atoms with van der Waals surface area (Å²) in [6.45, 7) is 1.48. The quantitative estimate of drug-likeness (QED) is 0.141. The van der Waals surface area contributed by atoms with Gasteiger partial charge in [-0.05, 0) is 130 Å². The zero-order valence-corrected chi connectivity index (χ0v) is 42.3. The van der Waals surface area contributed by atoms with E-state index in [4.69, 9.17) is 13.3 Å². The number of hydrogen-bond acceptors (Lipinski definition) is 6. The van der Waals surface area contributed by atoms with E-state index in [1.807, 2.05) is 12.1 Å². The van der Waals surface area contributed by atoms with Crippen molar-refractivity contribution in [2.24, 2.45) is 0 Å². The molecule has 0 atom stereocenters. The Morgan fingerprint density at radius 2 is 0.974 bits per heavy atom. The number of rotatable bonds is 8. The first-order valence-electron chi connectivity index (χ1n) is 26.6. The number of para-hydroxylation sites is 2. The van der Waals surface area contributed by atoms with Crippen LogP contribution < -0.4 is 14.7 Å². The molecule has 11 aromatic carbocycles. The van der Waals surface area contributed by atoms with E-state index in [2.05, 4.69) is 264 Å². The van der Waals surface area contributed by atoms with Crippen LogP contribution in [0.15, 0.2) is 274 Å². The summed E-state index contributed by atoms with van der Waals surface area (Å²) in [6.07, 6.45) is 17.2. The lowest BCUT2D eigenvalue weighted by molar-refractivity contribution is 0.669. The molecule has 0 fully saturated rings. The molecule has 0 saturated carbocycles. The van der Waals surface area contributed by atoms with Crippen LogP contribution in [0.4, 0.5) is 28.4 Å². The Kier molecular flexibility index (Phi) is 9.97. The molecule has 0 amide bonds. The third kappa shape index (κ3) is 7.04. The van der Waals surface area contributed by atoms with E-state index >= 15 is 0 Å². The van der Waals surface area contributed by atoms with Gasteiger partial charge in [-0.15, -0.1) is 0 Å². The summed E-state index contributed by atoms with van der Waals surface area (Å²) in [7, 11) is 0. The fraction of sp³-hybridized carbons (Fsp3) is 0.0278. The maximum absolute atomic E-state index is 7.51. The minimum Gasteiger partial charge on any atom is -0.456 e. The fourth-order valence-electron chi connectivity index (χ4n) is 12.2. The average Bonchev–Trinajstić information content (AvgIpc) is 4.38. The van der Waals surface area contributed by atoms with Crippen LogP contribution >= 0.6 is 0 Å². The van der Waals surface area contributed by atoms with Crippen molar-refractivity contribution in [3.05, 3.63) is 261 Å². The van der Waals surface area contributed by atoms with Crippen LogP contribution in [-0.2, 0) is 0 Å². The van der Waals surface area contributed by atoms with Gasteiger partial charge in [0.05, 0.1) is 16.8 Å². The second kappa shape index (κ2) is 17.7. The van der Waals surface area contributed by atoms with Crippen LogP contribution in [0.5, 0.6) is 0 Å². The lowest BCUT2D eigenvalue weighted by atomic mass is 9.89. The van der Waals surface area contributed by atoms with Crippen molar-refractivity contribution in [1.29, 1.82) is 0 Å². The van der Waals surface area contributed by atoms with Gasteiger partial charge < -0.3 is 28.0 Å². The maximum Gasteiger partial charge on any atom is 0.146 e. The number of allylic oxidation sites excluding steroid dienone is 4. The summed E-state index contributed by atoms with van der Waals surface area (Å²) in [4.78, 5) is 7.03. The number of furan rings is 3. The first-order valence-corrected chi connectivity index (χ1v) is 26.6. The third-order valence-electron chi connectivity index (χ3n) is 15.8. The molecule has 0 radical (unpaired) electrons. The van der Waals surface area contributed by atoms with Crippen molar-refractivity contribution < 1.29 is 13.3 Å². The zero-order valence-electron chi connectivity index (χ0n) is 42.3. The number of anilines is 5. The second-order valence-electron chi connectivity index (χ2n) is 20.3. The molecule has 2 aliphatic rings. The van der Waals surface area contributed by atoms with E-state index in [9.17, 15) is 0 Å². The maximum atomic E-state index is 7.51. The number of benzene rings is 11. The highest BCUT2D eigenvalue weighted by Gasteiger charge is 2.29. The van der Waals surface area contributed by atoms with Gasteiger partial charge in [0.15, 0.2) is 0 Å². The number of nitrogens with zero attached hydrogens (tertiary/aromatic N) is 3. The molecule has 78 heavy (non-hydrogen) atoms. The molecule has 0 N–H and O–H groups in total. The standard InChI is InChI=1S/C72H47N3O3/c1-6-19-46(20-7-1)48-23-18-24-50(39-48)57-41-51-42-61(75(52-25-10-3-11-26-52)54-30-32-56-55-27-12-13-28-63(55)76-66(56)44-54)58-45-62(74-37-16-5-17-38-74)68-60-43-53(73-35-14-4-15-36-73)31-34-65(60)78-72(68)69(58)67(51)70-59-40-49(47-21-8-2-9-22-47)29-33-64(59)77-71(57)70/h1-35,37,39-45H,36,38H2. The van der Waals surface area contributed by atoms with Crippen molar-refractivity contribution >= 4 is 116 Å². The predicted molar refractivity (Wildman–Crippen MR) is 326 cm³/mol. The largest absolute Gasteiger partial charge is 0.456 e. The Morgan fingerprint density at radius 3 is 1.74 bits per heavy atom. The first kappa shape index (κ1) is 44.0. The van der Waals surface area contributed by atoms with Crippen molar-refractivity contribution in [2.45, 2.75) is 0 Å². The summed E-state index contributed by atoms with van der Waals surface area (Å²) in [6, 6.07) is 76.2. The van der Waals surface area contributed by atoms with E-state index in [0.29, 0.717) is 6.54 Å². The average molecular weight is 1000 g/mol. The summed E-state index contributed by atoms with van der Waals surface area (Å²) in [5, 5.41) is 10.5. The van der Waals surface area contributed by atoms with Gasteiger partial charge in [-0.25, -0.2) is 0 Å². The van der Waals surface area contributed by atoms with Crippen LogP contribution in [0.25, 0.3) is 121 Å². The summed E-state index contributed by atoms with van der Waals surface area (Å²) >= 11 is 0. The fourth-order valence-corrected chi connectivity index (χ4v) is 12.2. The van der Waals surface area contributed by atoms with Crippen LogP contribution in [0.3, 0.4) is 0 Å².